The van der Waals surface area contributed by atoms with Crippen LogP contribution in [0.2, 0.25) is 5.02 Å². The van der Waals surface area contributed by atoms with Crippen molar-refractivity contribution < 1.29 is 9.72 Å². The molecule has 2 aromatic carbocycles. The van der Waals surface area contributed by atoms with Gasteiger partial charge in [-0.15, -0.1) is 0 Å². The summed E-state index contributed by atoms with van der Waals surface area (Å²) >= 11 is 6.18. The van der Waals surface area contributed by atoms with Crippen molar-refractivity contribution in [2.45, 2.75) is 13.0 Å². The molecular weight excluding hydrogens is 380 g/mol. The first-order valence-electron chi connectivity index (χ1n) is 9.14. The highest BCUT2D eigenvalue weighted by molar-refractivity contribution is 6.31. The first-order chi connectivity index (χ1) is 13.4. The molecule has 0 aliphatic carbocycles. The largest absolute Gasteiger partial charge is 0.363 e. The third-order valence-electron chi connectivity index (χ3n) is 5.00. The molecule has 0 spiro atoms. The SMILES string of the molecule is C[C@@H](NC(=O)c1ccc(N2CCN(C)CC2)c([N+](=O)[O-])c1)c1ccccc1Cl. The lowest BCUT2D eigenvalue weighted by atomic mass is 10.1. The third kappa shape index (κ3) is 4.43. The van der Waals surface area contributed by atoms with Crippen LogP contribution in [0, 0.1) is 10.1 Å². The van der Waals surface area contributed by atoms with Gasteiger partial charge in [-0.3, -0.25) is 14.9 Å². The Hall–Kier alpha value is -2.64. The Labute approximate surface area is 169 Å². The summed E-state index contributed by atoms with van der Waals surface area (Å²) in [6.45, 7) is 4.94. The molecule has 1 N–H and O–H groups in total. The van der Waals surface area contributed by atoms with Crippen LogP contribution in [0.5, 0.6) is 0 Å². The second-order valence-electron chi connectivity index (χ2n) is 6.97. The predicted molar refractivity (Wildman–Crippen MR) is 110 cm³/mol. The third-order valence-corrected chi connectivity index (χ3v) is 5.34. The van der Waals surface area contributed by atoms with Crippen molar-refractivity contribution in [2.24, 2.45) is 0 Å². The summed E-state index contributed by atoms with van der Waals surface area (Å²) in [6.07, 6.45) is 0. The summed E-state index contributed by atoms with van der Waals surface area (Å²) < 4.78 is 0. The summed E-state index contributed by atoms with van der Waals surface area (Å²) in [7, 11) is 2.03. The molecule has 1 aliphatic heterocycles. The number of anilines is 1. The van der Waals surface area contributed by atoms with Gasteiger partial charge in [0.05, 0.1) is 11.0 Å². The Morgan fingerprint density at radius 3 is 2.50 bits per heavy atom. The van der Waals surface area contributed by atoms with Crippen molar-refractivity contribution in [3.8, 4) is 0 Å². The number of benzene rings is 2. The topological polar surface area (TPSA) is 78.7 Å². The highest BCUT2D eigenvalue weighted by Crippen LogP contribution is 2.30. The number of piperazine rings is 1. The van der Waals surface area contributed by atoms with Gasteiger partial charge >= 0.3 is 0 Å². The monoisotopic (exact) mass is 402 g/mol. The summed E-state index contributed by atoms with van der Waals surface area (Å²) in [4.78, 5) is 28.0. The minimum absolute atomic E-state index is 0.0531. The normalized spacial score (nSPS) is 15.9. The van der Waals surface area contributed by atoms with E-state index >= 15 is 0 Å². The molecule has 1 amide bonds. The molecule has 7 nitrogen and oxygen atoms in total. The minimum atomic E-state index is -0.429. The van der Waals surface area contributed by atoms with Crippen molar-refractivity contribution in [1.82, 2.24) is 10.2 Å². The summed E-state index contributed by atoms with van der Waals surface area (Å²) in [5.41, 5.74) is 1.54. The maximum absolute atomic E-state index is 12.6. The van der Waals surface area contributed by atoms with E-state index in [0.717, 1.165) is 18.7 Å². The molecule has 1 saturated heterocycles. The van der Waals surface area contributed by atoms with Crippen LogP contribution in [0.3, 0.4) is 0 Å². The van der Waals surface area contributed by atoms with Gasteiger partial charge in [-0.2, -0.15) is 0 Å². The second kappa shape index (κ2) is 8.58. The predicted octanol–water partition coefficient (Wildman–Crippen LogP) is 3.49. The van der Waals surface area contributed by atoms with Crippen LogP contribution in [0.15, 0.2) is 42.5 Å². The van der Waals surface area contributed by atoms with E-state index in [9.17, 15) is 14.9 Å². The van der Waals surface area contributed by atoms with Crippen LogP contribution in [0.25, 0.3) is 0 Å². The average molecular weight is 403 g/mol. The van der Waals surface area contributed by atoms with Gasteiger partial charge in [0.1, 0.15) is 5.69 Å². The maximum atomic E-state index is 12.6. The fourth-order valence-corrected chi connectivity index (χ4v) is 3.61. The van der Waals surface area contributed by atoms with Gasteiger partial charge < -0.3 is 15.1 Å². The molecule has 0 bridgehead atoms. The van der Waals surface area contributed by atoms with Crippen LogP contribution in [0.4, 0.5) is 11.4 Å². The van der Waals surface area contributed by atoms with E-state index in [1.54, 1.807) is 18.2 Å². The molecule has 148 valence electrons. The van der Waals surface area contributed by atoms with E-state index < -0.39 is 4.92 Å². The van der Waals surface area contributed by atoms with E-state index in [1.807, 2.05) is 37.1 Å². The molecule has 1 heterocycles. The molecule has 8 heteroatoms. The number of hydrogen-bond donors (Lipinski definition) is 1. The van der Waals surface area contributed by atoms with Gasteiger partial charge in [0, 0.05) is 42.8 Å². The fourth-order valence-electron chi connectivity index (χ4n) is 3.31. The van der Waals surface area contributed by atoms with Gasteiger partial charge in [0.15, 0.2) is 0 Å². The molecule has 0 unspecified atom stereocenters. The molecular formula is C20H23ClN4O3. The van der Waals surface area contributed by atoms with Crippen LogP contribution in [-0.4, -0.2) is 49.0 Å². The number of nitro benzene ring substituents is 1. The van der Waals surface area contributed by atoms with Gasteiger partial charge in [-0.1, -0.05) is 29.8 Å². The molecule has 3 rings (SSSR count). The minimum Gasteiger partial charge on any atom is -0.363 e. The number of carbonyl (C=O) groups is 1. The molecule has 0 radical (unpaired) electrons. The second-order valence-corrected chi connectivity index (χ2v) is 7.37. The van der Waals surface area contributed by atoms with E-state index in [2.05, 4.69) is 10.2 Å². The first-order valence-corrected chi connectivity index (χ1v) is 9.52. The number of halogens is 1. The van der Waals surface area contributed by atoms with Gasteiger partial charge in [0.25, 0.3) is 11.6 Å². The highest BCUT2D eigenvalue weighted by atomic mass is 35.5. The lowest BCUT2D eigenvalue weighted by Gasteiger charge is -2.33. The zero-order valence-corrected chi connectivity index (χ0v) is 16.6. The standard InChI is InChI=1S/C20H23ClN4O3/c1-14(16-5-3-4-6-17(16)21)22-20(26)15-7-8-18(19(13-15)25(27)28)24-11-9-23(2)10-12-24/h3-8,13-14H,9-12H2,1-2H3,(H,22,26)/t14-/m1/s1. The summed E-state index contributed by atoms with van der Waals surface area (Å²) in [6, 6.07) is 11.6. The quantitative estimate of drug-likeness (QED) is 0.611. The molecule has 2 aromatic rings. The average Bonchev–Trinajstić information content (AvgIpc) is 2.68. The lowest BCUT2D eigenvalue weighted by molar-refractivity contribution is -0.384. The van der Waals surface area contributed by atoms with Gasteiger partial charge in [-0.05, 0) is 37.7 Å². The fraction of sp³-hybridized carbons (Fsp3) is 0.350. The van der Waals surface area contributed by atoms with Crippen molar-refractivity contribution in [1.29, 1.82) is 0 Å². The highest BCUT2D eigenvalue weighted by Gasteiger charge is 2.24. The summed E-state index contributed by atoms with van der Waals surface area (Å²) in [5, 5.41) is 15.0. The van der Waals surface area contributed by atoms with E-state index in [-0.39, 0.29) is 23.2 Å². The maximum Gasteiger partial charge on any atom is 0.293 e. The number of nitrogens with zero attached hydrogens (tertiary/aromatic N) is 3. The van der Waals surface area contributed by atoms with Gasteiger partial charge in [0.2, 0.25) is 0 Å². The Morgan fingerprint density at radius 2 is 1.86 bits per heavy atom. The number of nitrogens with one attached hydrogen (secondary N) is 1. The zero-order valence-electron chi connectivity index (χ0n) is 15.9. The van der Waals surface area contributed by atoms with Crippen LogP contribution in [0.1, 0.15) is 28.9 Å². The Morgan fingerprint density at radius 1 is 1.18 bits per heavy atom. The van der Waals surface area contributed by atoms with E-state index in [4.69, 9.17) is 11.6 Å². The molecule has 1 atom stereocenters. The summed E-state index contributed by atoms with van der Waals surface area (Å²) in [5.74, 6) is -0.375. The number of likely N-dealkylation sites (N-methyl/N-ethyl adjacent to an activating group) is 1. The number of hydrogen-bond acceptors (Lipinski definition) is 5. The zero-order chi connectivity index (χ0) is 20.3. The molecule has 0 aromatic heterocycles. The number of carbonyl (C=O) groups excluding carboxylic acids is 1. The Balaban J connectivity index is 1.80. The van der Waals surface area contributed by atoms with Crippen LogP contribution in [-0.2, 0) is 0 Å². The molecule has 1 aliphatic rings. The van der Waals surface area contributed by atoms with Crippen LogP contribution < -0.4 is 10.2 Å². The van der Waals surface area contributed by atoms with E-state index in [1.165, 1.54) is 6.07 Å². The lowest BCUT2D eigenvalue weighted by Crippen LogP contribution is -2.44. The van der Waals surface area contributed by atoms with Crippen molar-refractivity contribution in [2.75, 3.05) is 38.1 Å². The number of rotatable bonds is 5. The van der Waals surface area contributed by atoms with Gasteiger partial charge in [-0.25, -0.2) is 0 Å². The van der Waals surface area contributed by atoms with Crippen molar-refractivity contribution >= 4 is 28.9 Å². The Kier molecular flexibility index (Phi) is 6.16. The number of nitro groups is 1. The smallest absolute Gasteiger partial charge is 0.293 e. The van der Waals surface area contributed by atoms with Crippen molar-refractivity contribution in [3.05, 3.63) is 68.7 Å². The van der Waals surface area contributed by atoms with E-state index in [0.29, 0.717) is 23.8 Å². The van der Waals surface area contributed by atoms with Crippen LogP contribution >= 0.6 is 11.6 Å². The number of amides is 1. The molecule has 0 saturated carbocycles. The first kappa shape index (κ1) is 20.1. The van der Waals surface area contributed by atoms with Crippen molar-refractivity contribution in [3.63, 3.8) is 0 Å². The Bertz CT molecular complexity index is 882. The molecule has 28 heavy (non-hydrogen) atoms. The molecule has 1 fully saturated rings.